The van der Waals surface area contributed by atoms with Crippen LogP contribution in [0.4, 0.5) is 5.69 Å². The lowest BCUT2D eigenvalue weighted by molar-refractivity contribution is -0.119. The predicted molar refractivity (Wildman–Crippen MR) is 130 cm³/mol. The highest BCUT2D eigenvalue weighted by Crippen LogP contribution is 2.31. The van der Waals surface area contributed by atoms with E-state index in [1.165, 1.54) is 30.5 Å². The lowest BCUT2D eigenvalue weighted by Gasteiger charge is -2.09. The van der Waals surface area contributed by atoms with E-state index in [0.29, 0.717) is 49.7 Å². The molecule has 0 unspecified atom stereocenters. The summed E-state index contributed by atoms with van der Waals surface area (Å²) in [4.78, 5) is 34.1. The second-order valence-corrected chi connectivity index (χ2v) is 8.23. The Hall–Kier alpha value is -4.14. The van der Waals surface area contributed by atoms with Crippen LogP contribution in [0, 0.1) is 0 Å². The van der Waals surface area contributed by atoms with E-state index < -0.39 is 18.5 Å². The van der Waals surface area contributed by atoms with E-state index >= 15 is 0 Å². The quantitative estimate of drug-likeness (QED) is 0.270. The van der Waals surface area contributed by atoms with Crippen LogP contribution in [0.1, 0.15) is 10.4 Å². The van der Waals surface area contributed by atoms with Crippen molar-refractivity contribution < 1.29 is 23.2 Å². The molecular weight excluding hydrogens is 493 g/mol. The number of esters is 1. The molecule has 10 heteroatoms. The second kappa shape index (κ2) is 9.61. The molecule has 0 aliphatic rings. The van der Waals surface area contributed by atoms with E-state index in [0.717, 1.165) is 0 Å². The normalized spacial score (nSPS) is 10.9. The van der Waals surface area contributed by atoms with Crippen molar-refractivity contribution in [3.05, 3.63) is 88.8 Å². The van der Waals surface area contributed by atoms with Gasteiger partial charge < -0.3 is 18.9 Å². The van der Waals surface area contributed by atoms with Gasteiger partial charge in [-0.25, -0.2) is 14.8 Å². The summed E-state index contributed by atoms with van der Waals surface area (Å²) >= 11 is 11.9. The third-order valence-electron chi connectivity index (χ3n) is 4.89. The number of hydrogen-bond donors (Lipinski definition) is 1. The van der Waals surface area contributed by atoms with Crippen LogP contribution in [0.3, 0.4) is 0 Å². The van der Waals surface area contributed by atoms with Crippen molar-refractivity contribution in [1.29, 1.82) is 0 Å². The predicted octanol–water partition coefficient (Wildman–Crippen LogP) is 6.25. The number of furan rings is 2. The molecule has 5 aromatic rings. The average molecular weight is 508 g/mol. The number of carbonyl (C=O) groups excluding carboxylic acids is 2. The van der Waals surface area contributed by atoms with Crippen LogP contribution in [0.25, 0.3) is 33.9 Å². The lowest BCUT2D eigenvalue weighted by Crippen LogP contribution is -2.21. The van der Waals surface area contributed by atoms with Gasteiger partial charge in [0.25, 0.3) is 5.91 Å². The minimum Gasteiger partial charge on any atom is -0.463 e. The molecule has 2 aromatic carbocycles. The molecule has 0 bridgehead atoms. The van der Waals surface area contributed by atoms with Gasteiger partial charge in [0.05, 0.1) is 29.1 Å². The zero-order chi connectivity index (χ0) is 24.4. The number of amides is 1. The Kier molecular flexibility index (Phi) is 6.22. The van der Waals surface area contributed by atoms with Crippen molar-refractivity contribution >= 4 is 51.8 Å². The van der Waals surface area contributed by atoms with E-state index in [9.17, 15) is 9.59 Å². The first-order chi connectivity index (χ1) is 17.0. The fraction of sp³-hybridized carbons (Fsp3) is 0.0400. The van der Waals surface area contributed by atoms with Gasteiger partial charge in [-0.3, -0.25) is 4.79 Å². The molecule has 1 amide bonds. The van der Waals surface area contributed by atoms with Crippen molar-refractivity contribution in [2.24, 2.45) is 0 Å². The Morgan fingerprint density at radius 2 is 1.46 bits per heavy atom. The second-order valence-electron chi connectivity index (χ2n) is 7.36. The molecule has 3 aromatic heterocycles. The van der Waals surface area contributed by atoms with Crippen molar-refractivity contribution in [3.63, 3.8) is 0 Å². The number of anilines is 1. The van der Waals surface area contributed by atoms with Crippen LogP contribution >= 0.6 is 23.2 Å². The Morgan fingerprint density at radius 3 is 2.06 bits per heavy atom. The molecular formula is C25H15Cl2N3O5. The molecule has 174 valence electrons. The van der Waals surface area contributed by atoms with Gasteiger partial charge in [0.2, 0.25) is 0 Å². The van der Waals surface area contributed by atoms with E-state index in [-0.39, 0.29) is 5.56 Å². The van der Waals surface area contributed by atoms with Crippen LogP contribution in [-0.2, 0) is 9.53 Å². The fourth-order valence-electron chi connectivity index (χ4n) is 3.39. The van der Waals surface area contributed by atoms with Gasteiger partial charge in [-0.15, -0.1) is 0 Å². The molecule has 3 heterocycles. The minimum atomic E-state index is -0.692. The molecule has 1 N–H and O–H groups in total. The molecule has 0 aliphatic heterocycles. The summed E-state index contributed by atoms with van der Waals surface area (Å²) in [5.74, 6) is -0.207. The molecule has 0 radical (unpaired) electrons. The van der Waals surface area contributed by atoms with Gasteiger partial charge in [-0.2, -0.15) is 0 Å². The molecule has 0 saturated heterocycles. The molecule has 35 heavy (non-hydrogen) atoms. The Morgan fingerprint density at radius 1 is 0.829 bits per heavy atom. The van der Waals surface area contributed by atoms with Crippen molar-refractivity contribution in [1.82, 2.24) is 9.97 Å². The van der Waals surface area contributed by atoms with Crippen LogP contribution in [0.2, 0.25) is 10.0 Å². The van der Waals surface area contributed by atoms with Crippen LogP contribution in [0.15, 0.2) is 82.0 Å². The Bertz CT molecular complexity index is 1510. The van der Waals surface area contributed by atoms with E-state index in [1.54, 1.807) is 42.7 Å². The minimum absolute atomic E-state index is 0.210. The number of halogens is 2. The highest BCUT2D eigenvalue weighted by Gasteiger charge is 2.19. The number of nitrogens with zero attached hydrogens (tertiary/aromatic N) is 2. The highest BCUT2D eigenvalue weighted by atomic mass is 35.5. The van der Waals surface area contributed by atoms with Crippen molar-refractivity contribution in [2.45, 2.75) is 0 Å². The van der Waals surface area contributed by atoms with Gasteiger partial charge in [0, 0.05) is 15.7 Å². The maximum absolute atomic E-state index is 12.6. The third kappa shape index (κ3) is 5.03. The molecule has 5 rings (SSSR count). The van der Waals surface area contributed by atoms with Crippen LogP contribution < -0.4 is 5.32 Å². The van der Waals surface area contributed by atoms with Gasteiger partial charge in [0.1, 0.15) is 11.4 Å². The van der Waals surface area contributed by atoms with E-state index in [1.807, 2.05) is 0 Å². The van der Waals surface area contributed by atoms with Gasteiger partial charge in [-0.05, 0) is 60.7 Å². The number of nitrogens with one attached hydrogen (secondary N) is 1. The summed E-state index contributed by atoms with van der Waals surface area (Å²) in [5, 5.41) is 3.31. The largest absolute Gasteiger partial charge is 0.463 e. The first-order valence-corrected chi connectivity index (χ1v) is 11.0. The smallest absolute Gasteiger partial charge is 0.338 e. The Balaban J connectivity index is 1.36. The number of aromatic nitrogens is 2. The number of carbonyl (C=O) groups is 2. The summed E-state index contributed by atoms with van der Waals surface area (Å²) in [6, 6.07) is 16.4. The van der Waals surface area contributed by atoms with Crippen LogP contribution in [-0.4, -0.2) is 28.5 Å². The topological polar surface area (TPSA) is 107 Å². The maximum Gasteiger partial charge on any atom is 0.338 e. The fourth-order valence-corrected chi connectivity index (χ4v) is 3.92. The standard InChI is InChI=1S/C25H15Cl2N3O5/c26-15-10-16(27)12-17(11-15)28-22(31)13-35-25(32)14-5-6-18-19(9-14)30-24(21-4-2-8-34-21)23(29-18)20-3-1-7-33-20/h1-12H,13H2,(H,28,31). The Labute approximate surface area is 208 Å². The summed E-state index contributed by atoms with van der Waals surface area (Å²) in [5.41, 5.74) is 2.55. The van der Waals surface area contributed by atoms with Gasteiger partial charge >= 0.3 is 5.97 Å². The average Bonchev–Trinajstić information content (AvgIpc) is 3.55. The molecule has 8 nitrogen and oxygen atoms in total. The monoisotopic (exact) mass is 507 g/mol. The first-order valence-electron chi connectivity index (χ1n) is 10.3. The zero-order valence-corrected chi connectivity index (χ0v) is 19.3. The summed E-state index contributed by atoms with van der Waals surface area (Å²) < 4.78 is 16.2. The lowest BCUT2D eigenvalue weighted by atomic mass is 10.1. The number of benzene rings is 2. The van der Waals surface area contributed by atoms with Crippen molar-refractivity contribution in [3.8, 4) is 22.9 Å². The molecule has 0 spiro atoms. The maximum atomic E-state index is 12.6. The van der Waals surface area contributed by atoms with E-state index in [4.69, 9.17) is 36.8 Å². The van der Waals surface area contributed by atoms with Crippen LogP contribution in [0.5, 0.6) is 0 Å². The summed E-state index contributed by atoms with van der Waals surface area (Å²) in [6.45, 7) is -0.498. The van der Waals surface area contributed by atoms with E-state index in [2.05, 4.69) is 15.3 Å². The van der Waals surface area contributed by atoms with Crippen molar-refractivity contribution in [2.75, 3.05) is 11.9 Å². The van der Waals surface area contributed by atoms with Gasteiger partial charge in [-0.1, -0.05) is 23.2 Å². The number of hydrogen-bond acceptors (Lipinski definition) is 7. The van der Waals surface area contributed by atoms with Gasteiger partial charge in [0.15, 0.2) is 18.1 Å². The first kappa shape index (κ1) is 22.6. The zero-order valence-electron chi connectivity index (χ0n) is 17.8. The summed E-state index contributed by atoms with van der Waals surface area (Å²) in [6.07, 6.45) is 3.08. The molecule has 0 aliphatic carbocycles. The molecule has 0 atom stereocenters. The molecule has 0 saturated carbocycles. The number of rotatable bonds is 6. The highest BCUT2D eigenvalue weighted by molar-refractivity contribution is 6.35. The SMILES string of the molecule is O=C(COC(=O)c1ccc2nc(-c3ccco3)c(-c3ccco3)nc2c1)Nc1cc(Cl)cc(Cl)c1. The summed E-state index contributed by atoms with van der Waals surface area (Å²) in [7, 11) is 0. The number of fused-ring (bicyclic) bond motifs is 1. The molecule has 0 fully saturated rings. The number of ether oxygens (including phenoxy) is 1. The third-order valence-corrected chi connectivity index (χ3v) is 5.33.